The van der Waals surface area contributed by atoms with Crippen LogP contribution in [-0.2, 0) is 4.79 Å². The number of rotatable bonds is 3. The van der Waals surface area contributed by atoms with E-state index in [1.807, 2.05) is 12.4 Å². The van der Waals surface area contributed by atoms with Gasteiger partial charge in [-0.05, 0) is 64.4 Å². The van der Waals surface area contributed by atoms with E-state index in [-0.39, 0.29) is 6.47 Å². The largest absolute Gasteiger partial charge is 0.483 e. The fourth-order valence-corrected chi connectivity index (χ4v) is 4.32. The van der Waals surface area contributed by atoms with E-state index in [0.29, 0.717) is 6.04 Å². The molecule has 1 saturated heterocycles. The van der Waals surface area contributed by atoms with Gasteiger partial charge in [0.05, 0.1) is 0 Å². The minimum Gasteiger partial charge on any atom is -0.483 e. The van der Waals surface area contributed by atoms with Crippen LogP contribution >= 0.6 is 0 Å². The van der Waals surface area contributed by atoms with Gasteiger partial charge in [0.1, 0.15) is 5.69 Å². The van der Waals surface area contributed by atoms with Crippen LogP contribution in [0.25, 0.3) is 22.0 Å². The van der Waals surface area contributed by atoms with Gasteiger partial charge in [-0.1, -0.05) is 17.7 Å². The number of anilines is 1. The molecule has 0 aliphatic carbocycles. The Labute approximate surface area is 177 Å². The van der Waals surface area contributed by atoms with E-state index in [9.17, 15) is 0 Å². The molecule has 0 unspecified atom stereocenters. The highest BCUT2D eigenvalue weighted by molar-refractivity contribution is 6.00. The molecule has 2 aromatic heterocycles. The zero-order chi connectivity index (χ0) is 21.7. The molecule has 7 nitrogen and oxygen atoms in total. The van der Waals surface area contributed by atoms with Gasteiger partial charge in [0.2, 0.25) is 0 Å². The van der Waals surface area contributed by atoms with Crippen molar-refractivity contribution in [2.24, 2.45) is 0 Å². The molecule has 3 heterocycles. The number of carboxylic acid groups (broad SMARTS) is 1. The minimum atomic E-state index is -0.250. The summed E-state index contributed by atoms with van der Waals surface area (Å²) < 4.78 is 0. The van der Waals surface area contributed by atoms with E-state index in [1.54, 1.807) is 0 Å². The predicted molar refractivity (Wildman–Crippen MR) is 120 cm³/mol. The summed E-state index contributed by atoms with van der Waals surface area (Å²) in [5.41, 5.74) is 5.85. The van der Waals surface area contributed by atoms with Crippen molar-refractivity contribution >= 4 is 23.1 Å². The molecule has 1 aliphatic rings. The molecule has 0 saturated carbocycles. The fraction of sp³-hybridized carbons (Fsp3) is 0.391. The van der Waals surface area contributed by atoms with Crippen molar-refractivity contribution in [1.82, 2.24) is 20.1 Å². The summed E-state index contributed by atoms with van der Waals surface area (Å²) in [6, 6.07) is 6.87. The molecule has 1 atom stereocenters. The van der Waals surface area contributed by atoms with E-state index in [4.69, 9.17) is 9.90 Å². The lowest BCUT2D eigenvalue weighted by atomic mass is 9.95. The van der Waals surface area contributed by atoms with Gasteiger partial charge in [-0.3, -0.25) is 9.78 Å². The second-order valence-electron chi connectivity index (χ2n) is 7.94. The van der Waals surface area contributed by atoms with Gasteiger partial charge in [0.25, 0.3) is 6.47 Å². The van der Waals surface area contributed by atoms with E-state index in [1.165, 1.54) is 28.7 Å². The highest BCUT2D eigenvalue weighted by Gasteiger charge is 2.20. The quantitative estimate of drug-likeness (QED) is 0.638. The molecule has 0 amide bonds. The van der Waals surface area contributed by atoms with Gasteiger partial charge in [-0.25, -0.2) is 0 Å². The van der Waals surface area contributed by atoms with Crippen LogP contribution in [0.3, 0.4) is 0 Å². The normalized spacial score (nSPS) is 16.6. The first-order valence-electron chi connectivity index (χ1n) is 10.2. The average Bonchev–Trinajstić information content (AvgIpc) is 2.69. The molecule has 158 valence electrons. The molecule has 2 N–H and O–H groups in total. The number of likely N-dealkylation sites (N-methyl/N-ethyl adjacent to an activating group) is 1. The number of nitrogens with one attached hydrogen (secondary N) is 1. The topological polar surface area (TPSA) is 91.2 Å². The maximum atomic E-state index is 8.36. The van der Waals surface area contributed by atoms with E-state index >= 15 is 0 Å². The van der Waals surface area contributed by atoms with Crippen LogP contribution in [0.2, 0.25) is 0 Å². The van der Waals surface area contributed by atoms with E-state index in [2.05, 4.69) is 71.4 Å². The van der Waals surface area contributed by atoms with Gasteiger partial charge in [0.15, 0.2) is 5.82 Å². The summed E-state index contributed by atoms with van der Waals surface area (Å²) >= 11 is 0. The average molecular weight is 408 g/mol. The Hall–Kier alpha value is -3.06. The monoisotopic (exact) mass is 407 g/mol. The second-order valence-corrected chi connectivity index (χ2v) is 7.94. The van der Waals surface area contributed by atoms with Crippen LogP contribution in [0, 0.1) is 20.8 Å². The predicted octanol–water partition coefficient (Wildman–Crippen LogP) is 3.82. The van der Waals surface area contributed by atoms with Gasteiger partial charge >= 0.3 is 0 Å². The molecule has 1 aliphatic heterocycles. The van der Waals surface area contributed by atoms with Gasteiger partial charge < -0.3 is 15.3 Å². The van der Waals surface area contributed by atoms with Gasteiger partial charge in [0, 0.05) is 41.3 Å². The molecule has 30 heavy (non-hydrogen) atoms. The number of benzene rings is 1. The third-order valence-corrected chi connectivity index (χ3v) is 5.46. The number of aromatic nitrogens is 3. The highest BCUT2D eigenvalue weighted by atomic mass is 16.3. The molecule has 3 aromatic rings. The Bertz CT molecular complexity index is 1010. The van der Waals surface area contributed by atoms with Gasteiger partial charge in [-0.15, -0.1) is 10.2 Å². The summed E-state index contributed by atoms with van der Waals surface area (Å²) in [5, 5.41) is 21.9. The molecule has 4 rings (SSSR count). The standard InChI is InChI=1S/C22H27N5.CH2O2/c1-14-10-15(2)20(16(3)11-14)21-18-7-8-23-12-19(18)22(26-25-21)24-17-6-5-9-27(4)13-17;2-1-3/h7-8,10-12,17H,5-6,9,13H2,1-4H3,(H,24,26);1H,(H,2,3)/t17-;/m1./s1. The number of hydrogen-bond acceptors (Lipinski definition) is 6. The lowest BCUT2D eigenvalue weighted by Gasteiger charge is -2.30. The Morgan fingerprint density at radius 3 is 2.53 bits per heavy atom. The van der Waals surface area contributed by atoms with Crippen LogP contribution in [0.5, 0.6) is 0 Å². The van der Waals surface area contributed by atoms with Crippen molar-refractivity contribution in [3.05, 3.63) is 47.3 Å². The van der Waals surface area contributed by atoms with Crippen LogP contribution in [0.4, 0.5) is 5.82 Å². The first-order chi connectivity index (χ1) is 14.4. The van der Waals surface area contributed by atoms with Crippen molar-refractivity contribution in [2.45, 2.75) is 39.7 Å². The molecular weight excluding hydrogens is 378 g/mol. The first-order valence-corrected chi connectivity index (χ1v) is 10.2. The number of nitrogens with zero attached hydrogens (tertiary/aromatic N) is 4. The lowest BCUT2D eigenvalue weighted by molar-refractivity contribution is -0.122. The molecule has 0 bridgehead atoms. The van der Waals surface area contributed by atoms with E-state index in [0.717, 1.165) is 41.8 Å². The molecule has 1 aromatic carbocycles. The molecule has 7 heteroatoms. The molecular formula is C23H29N5O2. The lowest BCUT2D eigenvalue weighted by Crippen LogP contribution is -2.40. The summed E-state index contributed by atoms with van der Waals surface area (Å²) in [5.74, 6) is 0.838. The summed E-state index contributed by atoms with van der Waals surface area (Å²) in [6.07, 6.45) is 6.11. The Kier molecular flexibility index (Phi) is 6.95. The number of carbonyl (C=O) groups is 1. The van der Waals surface area contributed by atoms with Crippen molar-refractivity contribution in [1.29, 1.82) is 0 Å². The number of piperidine rings is 1. The zero-order valence-electron chi connectivity index (χ0n) is 18.0. The molecule has 1 fully saturated rings. The van der Waals surface area contributed by atoms with Crippen molar-refractivity contribution in [2.75, 3.05) is 25.5 Å². The zero-order valence-corrected chi connectivity index (χ0v) is 18.0. The second kappa shape index (κ2) is 9.63. The number of pyridine rings is 1. The number of hydrogen-bond donors (Lipinski definition) is 2. The molecule has 0 radical (unpaired) electrons. The van der Waals surface area contributed by atoms with Crippen LogP contribution in [-0.4, -0.2) is 57.8 Å². The van der Waals surface area contributed by atoms with Crippen LogP contribution < -0.4 is 5.32 Å². The number of likely N-dealkylation sites (tertiary alicyclic amines) is 1. The molecule has 0 spiro atoms. The van der Waals surface area contributed by atoms with Gasteiger partial charge in [-0.2, -0.15) is 0 Å². The maximum Gasteiger partial charge on any atom is 0.290 e. The maximum absolute atomic E-state index is 8.36. The van der Waals surface area contributed by atoms with Crippen molar-refractivity contribution < 1.29 is 9.90 Å². The SMILES string of the molecule is Cc1cc(C)c(-c2nnc(N[C@@H]3CCCN(C)C3)c3cnccc23)c(C)c1.O=CO. The first kappa shape index (κ1) is 21.6. The highest BCUT2D eigenvalue weighted by Crippen LogP contribution is 2.34. The summed E-state index contributed by atoms with van der Waals surface area (Å²) in [6.45, 7) is 8.37. The fourth-order valence-electron chi connectivity index (χ4n) is 4.32. The summed E-state index contributed by atoms with van der Waals surface area (Å²) in [7, 11) is 2.17. The smallest absolute Gasteiger partial charge is 0.290 e. The third-order valence-electron chi connectivity index (χ3n) is 5.46. The Morgan fingerprint density at radius 2 is 1.87 bits per heavy atom. The van der Waals surface area contributed by atoms with Crippen molar-refractivity contribution in [3.63, 3.8) is 0 Å². The summed E-state index contributed by atoms with van der Waals surface area (Å²) in [4.78, 5) is 15.1. The Morgan fingerprint density at radius 1 is 1.17 bits per heavy atom. The Balaban J connectivity index is 0.000000806. The van der Waals surface area contributed by atoms with Crippen LogP contribution in [0.15, 0.2) is 30.6 Å². The number of aryl methyl sites for hydroxylation is 3. The van der Waals surface area contributed by atoms with E-state index < -0.39 is 0 Å². The third kappa shape index (κ3) is 4.74. The van der Waals surface area contributed by atoms with Crippen molar-refractivity contribution in [3.8, 4) is 11.3 Å². The number of fused-ring (bicyclic) bond motifs is 1. The van der Waals surface area contributed by atoms with Crippen LogP contribution in [0.1, 0.15) is 29.5 Å². The minimum absolute atomic E-state index is 0.250.